The maximum atomic E-state index is 12.9. The zero-order valence-corrected chi connectivity index (χ0v) is 12.9. The molecule has 2 heterocycles. The summed E-state index contributed by atoms with van der Waals surface area (Å²) in [5.41, 5.74) is 6.30. The molecular weight excluding hydrogens is 309 g/mol. The first-order chi connectivity index (χ1) is 11.7. The summed E-state index contributed by atoms with van der Waals surface area (Å²) in [4.78, 5) is 4.52. The molecule has 0 bridgehead atoms. The van der Waals surface area contributed by atoms with Gasteiger partial charge in [-0.25, -0.2) is 4.39 Å². The number of ether oxygens (including phenoxy) is 2. The highest BCUT2D eigenvalue weighted by atomic mass is 19.1. The molecule has 0 spiro atoms. The lowest BCUT2D eigenvalue weighted by atomic mass is 10.1. The summed E-state index contributed by atoms with van der Waals surface area (Å²) >= 11 is 0. The van der Waals surface area contributed by atoms with Crippen LogP contribution in [-0.4, -0.2) is 18.0 Å². The molecule has 0 aliphatic carbocycles. The third kappa shape index (κ3) is 2.74. The van der Waals surface area contributed by atoms with E-state index in [0.717, 1.165) is 27.8 Å². The molecule has 0 fully saturated rings. The predicted molar refractivity (Wildman–Crippen MR) is 90.2 cm³/mol. The zero-order chi connectivity index (χ0) is 16.5. The number of halogens is 1. The van der Waals surface area contributed by atoms with Gasteiger partial charge in [0.1, 0.15) is 5.82 Å². The minimum absolute atomic E-state index is 0.218. The fraction of sp³-hybridized carbons (Fsp3) is 0.111. The molecular formula is C18H14FN3O2. The molecule has 3 aromatic rings. The molecule has 0 saturated heterocycles. The van der Waals surface area contributed by atoms with Crippen molar-refractivity contribution in [1.82, 2.24) is 4.98 Å². The molecule has 1 aliphatic rings. The van der Waals surface area contributed by atoms with E-state index in [4.69, 9.17) is 9.47 Å². The number of nitrogens with one attached hydrogen (secondary N) is 1. The van der Waals surface area contributed by atoms with Gasteiger partial charge in [-0.05, 0) is 36.8 Å². The van der Waals surface area contributed by atoms with Crippen LogP contribution in [-0.2, 0) is 0 Å². The van der Waals surface area contributed by atoms with Crippen LogP contribution in [0, 0.1) is 12.7 Å². The fourth-order valence-electron chi connectivity index (χ4n) is 2.57. The number of rotatable bonds is 3. The van der Waals surface area contributed by atoms with E-state index in [0.29, 0.717) is 11.5 Å². The van der Waals surface area contributed by atoms with E-state index in [-0.39, 0.29) is 12.6 Å². The SMILES string of the molecule is Cc1cc(N/N=C\c2ccc(F)cc2)c2cc3c(cc2n1)OCO3. The maximum absolute atomic E-state index is 12.9. The van der Waals surface area contributed by atoms with E-state index in [9.17, 15) is 4.39 Å². The molecule has 0 atom stereocenters. The standard InChI is InChI=1S/C18H14FN3O2/c1-11-6-16(22-20-9-12-2-4-13(19)5-3-12)14-7-17-18(24-10-23-17)8-15(14)21-11/h2-9H,10H2,1H3,(H,21,22)/b20-9-. The van der Waals surface area contributed by atoms with Gasteiger partial charge in [0.25, 0.3) is 0 Å². The average molecular weight is 323 g/mol. The number of nitrogens with zero attached hydrogens (tertiary/aromatic N) is 2. The van der Waals surface area contributed by atoms with Crippen molar-refractivity contribution in [3.63, 3.8) is 0 Å². The largest absolute Gasteiger partial charge is 0.454 e. The van der Waals surface area contributed by atoms with Gasteiger partial charge in [-0.1, -0.05) is 12.1 Å². The molecule has 4 rings (SSSR count). The summed E-state index contributed by atoms with van der Waals surface area (Å²) in [7, 11) is 0. The highest BCUT2D eigenvalue weighted by molar-refractivity contribution is 5.94. The molecule has 0 radical (unpaired) electrons. The van der Waals surface area contributed by atoms with Gasteiger partial charge >= 0.3 is 0 Å². The van der Waals surface area contributed by atoms with Crippen molar-refractivity contribution in [3.8, 4) is 11.5 Å². The minimum atomic E-state index is -0.271. The Morgan fingerprint density at radius 2 is 1.88 bits per heavy atom. The van der Waals surface area contributed by atoms with Crippen LogP contribution in [0.25, 0.3) is 10.9 Å². The monoisotopic (exact) mass is 323 g/mol. The van der Waals surface area contributed by atoms with Crippen molar-refractivity contribution in [2.24, 2.45) is 5.10 Å². The van der Waals surface area contributed by atoms with Gasteiger partial charge in [0.2, 0.25) is 6.79 Å². The van der Waals surface area contributed by atoms with Crippen molar-refractivity contribution < 1.29 is 13.9 Å². The Morgan fingerprint density at radius 3 is 2.67 bits per heavy atom. The molecule has 0 saturated carbocycles. The number of fused-ring (bicyclic) bond motifs is 2. The normalized spacial score (nSPS) is 12.9. The number of pyridine rings is 1. The highest BCUT2D eigenvalue weighted by Gasteiger charge is 2.16. The molecule has 6 heteroatoms. The van der Waals surface area contributed by atoms with Crippen LogP contribution in [0.2, 0.25) is 0 Å². The van der Waals surface area contributed by atoms with Crippen molar-refractivity contribution in [1.29, 1.82) is 0 Å². The summed E-state index contributed by atoms with van der Waals surface area (Å²) in [6.45, 7) is 2.13. The number of hydrazone groups is 1. The molecule has 0 unspecified atom stereocenters. The molecule has 5 nitrogen and oxygen atoms in total. The second-order valence-corrected chi connectivity index (χ2v) is 5.46. The van der Waals surface area contributed by atoms with Crippen LogP contribution in [0.5, 0.6) is 11.5 Å². The molecule has 120 valence electrons. The number of aromatic nitrogens is 1. The number of anilines is 1. The summed E-state index contributed by atoms with van der Waals surface area (Å²) < 4.78 is 23.7. The highest BCUT2D eigenvalue weighted by Crippen LogP contribution is 2.38. The Hall–Kier alpha value is -3.15. The zero-order valence-electron chi connectivity index (χ0n) is 12.9. The van der Waals surface area contributed by atoms with E-state index in [2.05, 4.69) is 15.5 Å². The summed E-state index contributed by atoms with van der Waals surface area (Å²) in [5, 5.41) is 5.12. The average Bonchev–Trinajstić information content (AvgIpc) is 3.02. The second-order valence-electron chi connectivity index (χ2n) is 5.46. The van der Waals surface area contributed by atoms with E-state index >= 15 is 0 Å². The molecule has 0 amide bonds. The topological polar surface area (TPSA) is 55.7 Å². The van der Waals surface area contributed by atoms with Gasteiger partial charge < -0.3 is 9.47 Å². The van der Waals surface area contributed by atoms with Crippen molar-refractivity contribution in [2.45, 2.75) is 6.92 Å². The smallest absolute Gasteiger partial charge is 0.231 e. The Balaban J connectivity index is 1.67. The van der Waals surface area contributed by atoms with E-state index < -0.39 is 0 Å². The Bertz CT molecular complexity index is 939. The van der Waals surface area contributed by atoms with Gasteiger partial charge in [-0.2, -0.15) is 5.10 Å². The third-order valence-corrected chi connectivity index (χ3v) is 3.70. The van der Waals surface area contributed by atoms with Gasteiger partial charge in [-0.15, -0.1) is 0 Å². The molecule has 2 aromatic carbocycles. The molecule has 1 aromatic heterocycles. The molecule has 1 N–H and O–H groups in total. The Kier molecular flexibility index (Phi) is 3.49. The first kappa shape index (κ1) is 14.4. The first-order valence-electron chi connectivity index (χ1n) is 7.45. The Morgan fingerprint density at radius 1 is 1.12 bits per heavy atom. The van der Waals surface area contributed by atoms with Crippen molar-refractivity contribution >= 4 is 22.8 Å². The predicted octanol–water partition coefficient (Wildman–Crippen LogP) is 3.86. The Labute approximate surface area is 137 Å². The number of benzene rings is 2. The van der Waals surface area contributed by atoms with Gasteiger partial charge in [0.05, 0.1) is 17.4 Å². The van der Waals surface area contributed by atoms with E-state index in [1.165, 1.54) is 12.1 Å². The van der Waals surface area contributed by atoms with Crippen molar-refractivity contribution in [2.75, 3.05) is 12.2 Å². The van der Waals surface area contributed by atoms with Crippen LogP contribution >= 0.6 is 0 Å². The van der Waals surface area contributed by atoms with Crippen LogP contribution in [0.15, 0.2) is 47.6 Å². The second kappa shape index (κ2) is 5.81. The number of aryl methyl sites for hydroxylation is 1. The minimum Gasteiger partial charge on any atom is -0.454 e. The first-order valence-corrected chi connectivity index (χ1v) is 7.45. The maximum Gasteiger partial charge on any atom is 0.231 e. The molecule has 24 heavy (non-hydrogen) atoms. The lowest BCUT2D eigenvalue weighted by Crippen LogP contribution is -1.95. The number of hydrogen-bond donors (Lipinski definition) is 1. The summed E-state index contributed by atoms with van der Waals surface area (Å²) in [5.74, 6) is 1.12. The molecule has 1 aliphatic heterocycles. The van der Waals surface area contributed by atoms with Crippen LogP contribution < -0.4 is 14.9 Å². The lowest BCUT2D eigenvalue weighted by molar-refractivity contribution is 0.174. The van der Waals surface area contributed by atoms with Gasteiger partial charge in [0.15, 0.2) is 11.5 Å². The van der Waals surface area contributed by atoms with Crippen molar-refractivity contribution in [3.05, 3.63) is 59.5 Å². The van der Waals surface area contributed by atoms with Gasteiger partial charge in [-0.3, -0.25) is 10.4 Å². The van der Waals surface area contributed by atoms with Crippen LogP contribution in [0.4, 0.5) is 10.1 Å². The number of hydrogen-bond acceptors (Lipinski definition) is 5. The van der Waals surface area contributed by atoms with Crippen LogP contribution in [0.3, 0.4) is 0 Å². The summed E-state index contributed by atoms with van der Waals surface area (Å²) in [6, 6.07) is 11.8. The van der Waals surface area contributed by atoms with E-state index in [1.807, 2.05) is 25.1 Å². The lowest BCUT2D eigenvalue weighted by Gasteiger charge is -2.08. The summed E-state index contributed by atoms with van der Waals surface area (Å²) in [6.07, 6.45) is 1.63. The third-order valence-electron chi connectivity index (χ3n) is 3.70. The van der Waals surface area contributed by atoms with Gasteiger partial charge in [0, 0.05) is 17.1 Å². The fourth-order valence-corrected chi connectivity index (χ4v) is 2.57. The quantitative estimate of drug-likeness (QED) is 0.587. The van der Waals surface area contributed by atoms with Crippen LogP contribution in [0.1, 0.15) is 11.3 Å². The van der Waals surface area contributed by atoms with E-state index in [1.54, 1.807) is 18.3 Å².